The van der Waals surface area contributed by atoms with Gasteiger partial charge >= 0.3 is 0 Å². The van der Waals surface area contributed by atoms with Gasteiger partial charge in [-0.15, -0.1) is 0 Å². The van der Waals surface area contributed by atoms with Gasteiger partial charge in [0.05, 0.1) is 6.26 Å². The van der Waals surface area contributed by atoms with Crippen LogP contribution in [0.4, 0.5) is 5.69 Å². The first-order chi connectivity index (χ1) is 9.16. The van der Waals surface area contributed by atoms with E-state index in [9.17, 15) is 0 Å². The Bertz CT molecular complexity index is 590. The van der Waals surface area contributed by atoms with Crippen LogP contribution in [0.5, 0.6) is 0 Å². The van der Waals surface area contributed by atoms with Crippen LogP contribution in [-0.2, 0) is 0 Å². The first-order valence-corrected chi connectivity index (χ1v) is 6.28. The Morgan fingerprint density at radius 1 is 1.21 bits per heavy atom. The monoisotopic (exact) mass is 273 g/mol. The Kier molecular flexibility index (Phi) is 4.30. The van der Waals surface area contributed by atoms with Crippen molar-refractivity contribution in [3.05, 3.63) is 54.0 Å². The third-order valence-corrected chi connectivity index (χ3v) is 2.79. The maximum atomic E-state index is 5.23. The van der Waals surface area contributed by atoms with Crippen LogP contribution >= 0.6 is 12.2 Å². The fraction of sp³-hybridized carbons (Fsp3) is 0.143. The van der Waals surface area contributed by atoms with E-state index >= 15 is 0 Å². The number of hydrogen-bond donors (Lipinski definition) is 2. The normalized spacial score (nSPS) is 11.2. The molecule has 4 nitrogen and oxygen atoms in total. The first-order valence-electron chi connectivity index (χ1n) is 5.87. The second kappa shape index (κ2) is 6.15. The molecule has 0 fully saturated rings. The third kappa shape index (κ3) is 3.66. The molecular formula is C14H15N3OS. The second-order valence-electron chi connectivity index (χ2n) is 4.06. The highest BCUT2D eigenvalue weighted by molar-refractivity contribution is 7.80. The minimum atomic E-state index is 0.445. The van der Waals surface area contributed by atoms with Crippen molar-refractivity contribution in [2.75, 3.05) is 5.32 Å². The molecule has 0 saturated carbocycles. The van der Waals surface area contributed by atoms with Crippen LogP contribution in [0.2, 0.25) is 0 Å². The smallest absolute Gasteiger partial charge is 0.191 e. The molecule has 2 N–H and O–H groups in total. The standard InChI is InChI=1S/C14H15N3OS/c1-10-6-3-4-7-12(10)15-14(19)17-16-11(2)13-8-5-9-18-13/h3-9H,1-2H3,(H2,15,17,19)/b16-11-. The van der Waals surface area contributed by atoms with Gasteiger partial charge in [-0.05, 0) is 49.8 Å². The molecule has 2 rings (SSSR count). The molecule has 5 heteroatoms. The molecule has 2 aromatic rings. The molecule has 0 amide bonds. The summed E-state index contributed by atoms with van der Waals surface area (Å²) in [5, 5.41) is 7.70. The molecule has 0 radical (unpaired) electrons. The zero-order valence-electron chi connectivity index (χ0n) is 10.8. The number of hydrazone groups is 1. The molecule has 0 spiro atoms. The lowest BCUT2D eigenvalue weighted by Crippen LogP contribution is -2.25. The number of rotatable bonds is 3. The largest absolute Gasteiger partial charge is 0.463 e. The summed E-state index contributed by atoms with van der Waals surface area (Å²) in [7, 11) is 0. The lowest BCUT2D eigenvalue weighted by Gasteiger charge is -2.09. The van der Waals surface area contributed by atoms with Gasteiger partial charge in [0.25, 0.3) is 0 Å². The van der Waals surface area contributed by atoms with Crippen LogP contribution in [0.1, 0.15) is 18.2 Å². The van der Waals surface area contributed by atoms with Crippen molar-refractivity contribution in [3.8, 4) is 0 Å². The molecule has 1 aromatic heterocycles. The summed E-state index contributed by atoms with van der Waals surface area (Å²) in [4.78, 5) is 0. The maximum Gasteiger partial charge on any atom is 0.191 e. The molecular weight excluding hydrogens is 258 g/mol. The van der Waals surface area contributed by atoms with Crippen molar-refractivity contribution in [1.29, 1.82) is 0 Å². The summed E-state index contributed by atoms with van der Waals surface area (Å²) < 4.78 is 5.23. The fourth-order valence-electron chi connectivity index (χ4n) is 1.54. The fourth-order valence-corrected chi connectivity index (χ4v) is 1.69. The van der Waals surface area contributed by atoms with Crippen LogP contribution in [0.25, 0.3) is 0 Å². The van der Waals surface area contributed by atoms with Crippen LogP contribution in [0, 0.1) is 6.92 Å². The van der Waals surface area contributed by atoms with Crippen molar-refractivity contribution >= 4 is 28.7 Å². The minimum Gasteiger partial charge on any atom is -0.463 e. The Labute approximate surface area is 117 Å². The Balaban J connectivity index is 1.96. The molecule has 0 atom stereocenters. The predicted molar refractivity (Wildman–Crippen MR) is 81.5 cm³/mol. The molecule has 0 aliphatic carbocycles. The van der Waals surface area contributed by atoms with Crippen molar-refractivity contribution in [1.82, 2.24) is 5.43 Å². The van der Waals surface area contributed by atoms with Crippen LogP contribution in [0.3, 0.4) is 0 Å². The zero-order valence-corrected chi connectivity index (χ0v) is 11.6. The lowest BCUT2D eigenvalue weighted by molar-refractivity contribution is 0.556. The lowest BCUT2D eigenvalue weighted by atomic mass is 10.2. The van der Waals surface area contributed by atoms with Gasteiger partial charge in [-0.25, -0.2) is 0 Å². The van der Waals surface area contributed by atoms with Gasteiger partial charge in [-0.1, -0.05) is 18.2 Å². The van der Waals surface area contributed by atoms with Crippen molar-refractivity contribution in [3.63, 3.8) is 0 Å². The van der Waals surface area contributed by atoms with E-state index in [1.807, 2.05) is 50.2 Å². The quantitative estimate of drug-likeness (QED) is 0.512. The van der Waals surface area contributed by atoms with Gasteiger partial charge in [-0.3, -0.25) is 5.43 Å². The maximum absolute atomic E-state index is 5.23. The van der Waals surface area contributed by atoms with Gasteiger partial charge in [0.15, 0.2) is 5.11 Å². The molecule has 0 unspecified atom stereocenters. The number of hydrogen-bond acceptors (Lipinski definition) is 3. The number of nitrogens with zero attached hydrogens (tertiary/aromatic N) is 1. The van der Waals surface area contributed by atoms with E-state index in [0.717, 1.165) is 17.0 Å². The average Bonchev–Trinajstić information content (AvgIpc) is 2.93. The number of thiocarbonyl (C=S) groups is 1. The molecule has 0 saturated heterocycles. The van der Waals surface area contributed by atoms with Crippen LogP contribution < -0.4 is 10.7 Å². The number of aryl methyl sites for hydroxylation is 1. The van der Waals surface area contributed by atoms with E-state index in [1.54, 1.807) is 6.26 Å². The van der Waals surface area contributed by atoms with Crippen LogP contribution in [0.15, 0.2) is 52.2 Å². The van der Waals surface area contributed by atoms with Gasteiger partial charge in [0.1, 0.15) is 11.5 Å². The summed E-state index contributed by atoms with van der Waals surface area (Å²) >= 11 is 5.18. The van der Waals surface area contributed by atoms with Gasteiger partial charge in [-0.2, -0.15) is 5.10 Å². The molecule has 1 heterocycles. The van der Waals surface area contributed by atoms with Crippen molar-refractivity contribution in [2.24, 2.45) is 5.10 Å². The van der Waals surface area contributed by atoms with Gasteiger partial charge < -0.3 is 9.73 Å². The Hall–Kier alpha value is -2.14. The molecule has 0 bridgehead atoms. The average molecular weight is 273 g/mol. The summed E-state index contributed by atoms with van der Waals surface area (Å²) in [6.07, 6.45) is 1.61. The number of nitrogens with one attached hydrogen (secondary N) is 2. The van der Waals surface area contributed by atoms with Crippen LogP contribution in [-0.4, -0.2) is 10.8 Å². The van der Waals surface area contributed by atoms with E-state index < -0.39 is 0 Å². The van der Waals surface area contributed by atoms with E-state index in [0.29, 0.717) is 10.9 Å². The summed E-state index contributed by atoms with van der Waals surface area (Å²) in [6, 6.07) is 11.6. The predicted octanol–water partition coefficient (Wildman–Crippen LogP) is 3.30. The molecule has 1 aromatic carbocycles. The number of benzene rings is 1. The van der Waals surface area contributed by atoms with E-state index in [-0.39, 0.29) is 0 Å². The highest BCUT2D eigenvalue weighted by Crippen LogP contribution is 2.12. The highest BCUT2D eigenvalue weighted by Gasteiger charge is 2.02. The highest BCUT2D eigenvalue weighted by atomic mass is 32.1. The van der Waals surface area contributed by atoms with Crippen molar-refractivity contribution in [2.45, 2.75) is 13.8 Å². The van der Waals surface area contributed by atoms with E-state index in [4.69, 9.17) is 16.6 Å². The molecule has 98 valence electrons. The number of para-hydroxylation sites is 1. The molecule has 19 heavy (non-hydrogen) atoms. The topological polar surface area (TPSA) is 49.6 Å². The SMILES string of the molecule is C/C(=N/NC(=S)Nc1ccccc1C)c1ccco1. The summed E-state index contributed by atoms with van der Waals surface area (Å²) in [6.45, 7) is 3.87. The van der Waals surface area contributed by atoms with Crippen molar-refractivity contribution < 1.29 is 4.42 Å². The Morgan fingerprint density at radius 3 is 2.68 bits per heavy atom. The summed E-state index contributed by atoms with van der Waals surface area (Å²) in [5.41, 5.74) is 5.62. The number of furan rings is 1. The zero-order chi connectivity index (χ0) is 13.7. The van der Waals surface area contributed by atoms with E-state index in [2.05, 4.69) is 15.8 Å². The second-order valence-corrected chi connectivity index (χ2v) is 4.46. The van der Waals surface area contributed by atoms with E-state index in [1.165, 1.54) is 0 Å². The van der Waals surface area contributed by atoms with Gasteiger partial charge in [0.2, 0.25) is 0 Å². The van der Waals surface area contributed by atoms with Gasteiger partial charge in [0, 0.05) is 5.69 Å². The third-order valence-electron chi connectivity index (χ3n) is 2.60. The Morgan fingerprint density at radius 2 is 2.00 bits per heavy atom. The molecule has 0 aliphatic rings. The molecule has 0 aliphatic heterocycles. The number of anilines is 1. The summed E-state index contributed by atoms with van der Waals surface area (Å²) in [5.74, 6) is 0.714. The minimum absolute atomic E-state index is 0.445. The first kappa shape index (κ1) is 13.3.